The fraction of sp³-hybridized carbons (Fsp3) is 0.174. The molecule has 0 bridgehead atoms. The number of para-hydroxylation sites is 1. The number of guanidine groups is 1. The van der Waals surface area contributed by atoms with Crippen LogP contribution in [0.25, 0.3) is 10.8 Å². The van der Waals surface area contributed by atoms with Crippen molar-refractivity contribution in [3.8, 4) is 5.75 Å². The number of nitrogens with two attached hydrogens (primary N) is 1. The first-order valence-corrected chi connectivity index (χ1v) is 9.42. The fourth-order valence-electron chi connectivity index (χ4n) is 3.36. The highest BCUT2D eigenvalue weighted by Gasteiger charge is 2.26. The van der Waals surface area contributed by atoms with Crippen LogP contribution in [0, 0.1) is 0 Å². The minimum Gasteiger partial charge on any atom is -0.492 e. The minimum absolute atomic E-state index is 0.501. The number of hydrogen-bond acceptors (Lipinski definition) is 3. The van der Waals surface area contributed by atoms with E-state index in [0.717, 1.165) is 5.75 Å². The largest absolute Gasteiger partial charge is 0.492 e. The first-order chi connectivity index (χ1) is 13.7. The first-order valence-electron chi connectivity index (χ1n) is 9.42. The smallest absolute Gasteiger partial charge is 0.197 e. The number of aliphatic imine (C=N–C) groups is 1. The van der Waals surface area contributed by atoms with Gasteiger partial charge in [-0.05, 0) is 34.5 Å². The zero-order valence-electron chi connectivity index (χ0n) is 15.6. The molecule has 1 heterocycles. The SMILES string of the molecule is NC1(Cc2cccc3ccccc23)C=CNC(=NCCOc2ccccc2)N1. The van der Waals surface area contributed by atoms with Crippen LogP contribution in [0.1, 0.15) is 5.56 Å². The number of nitrogens with zero attached hydrogens (tertiary/aromatic N) is 1. The summed E-state index contributed by atoms with van der Waals surface area (Å²) in [5.74, 6) is 1.50. The van der Waals surface area contributed by atoms with Crippen LogP contribution in [0.2, 0.25) is 0 Å². The molecule has 0 aromatic heterocycles. The Labute approximate surface area is 164 Å². The van der Waals surface area contributed by atoms with E-state index in [9.17, 15) is 0 Å². The lowest BCUT2D eigenvalue weighted by atomic mass is 9.95. The molecule has 3 aromatic carbocycles. The van der Waals surface area contributed by atoms with Gasteiger partial charge in [-0.2, -0.15) is 0 Å². The summed E-state index contributed by atoms with van der Waals surface area (Å²) in [6, 6.07) is 24.4. The Hall–Kier alpha value is -3.31. The van der Waals surface area contributed by atoms with Gasteiger partial charge in [0, 0.05) is 12.6 Å². The predicted molar refractivity (Wildman–Crippen MR) is 114 cm³/mol. The second-order valence-electron chi connectivity index (χ2n) is 6.85. The van der Waals surface area contributed by atoms with Crippen molar-refractivity contribution in [3.05, 3.63) is 90.6 Å². The van der Waals surface area contributed by atoms with Gasteiger partial charge in [-0.3, -0.25) is 0 Å². The van der Waals surface area contributed by atoms with Gasteiger partial charge in [0.25, 0.3) is 0 Å². The molecule has 142 valence electrons. The second-order valence-corrected chi connectivity index (χ2v) is 6.85. The summed E-state index contributed by atoms with van der Waals surface area (Å²) in [5.41, 5.74) is 7.12. The maximum atomic E-state index is 6.62. The molecule has 4 rings (SSSR count). The zero-order valence-corrected chi connectivity index (χ0v) is 15.6. The Morgan fingerprint density at radius 2 is 1.71 bits per heavy atom. The number of benzene rings is 3. The van der Waals surface area contributed by atoms with Crippen molar-refractivity contribution in [2.24, 2.45) is 10.7 Å². The molecule has 0 radical (unpaired) electrons. The third-order valence-corrected chi connectivity index (χ3v) is 4.69. The van der Waals surface area contributed by atoms with E-state index in [1.54, 1.807) is 0 Å². The molecule has 5 heteroatoms. The van der Waals surface area contributed by atoms with Crippen molar-refractivity contribution in [3.63, 3.8) is 0 Å². The molecule has 28 heavy (non-hydrogen) atoms. The minimum atomic E-state index is -0.700. The highest BCUT2D eigenvalue weighted by molar-refractivity contribution is 5.86. The van der Waals surface area contributed by atoms with Gasteiger partial charge in [0.1, 0.15) is 18.0 Å². The van der Waals surface area contributed by atoms with E-state index in [1.807, 2.05) is 42.6 Å². The van der Waals surface area contributed by atoms with Crippen LogP contribution in [-0.4, -0.2) is 24.8 Å². The average molecular weight is 372 g/mol. The summed E-state index contributed by atoms with van der Waals surface area (Å²) >= 11 is 0. The van der Waals surface area contributed by atoms with Crippen LogP contribution < -0.4 is 21.1 Å². The van der Waals surface area contributed by atoms with Crippen LogP contribution in [0.3, 0.4) is 0 Å². The molecule has 4 N–H and O–H groups in total. The maximum Gasteiger partial charge on any atom is 0.197 e. The van der Waals surface area contributed by atoms with Crippen LogP contribution in [0.15, 0.2) is 90.1 Å². The molecular weight excluding hydrogens is 348 g/mol. The Morgan fingerprint density at radius 1 is 0.929 bits per heavy atom. The maximum absolute atomic E-state index is 6.62. The number of rotatable bonds is 6. The number of hydrogen-bond donors (Lipinski definition) is 3. The fourth-order valence-corrected chi connectivity index (χ4v) is 3.36. The molecule has 0 saturated carbocycles. The highest BCUT2D eigenvalue weighted by Crippen LogP contribution is 2.22. The summed E-state index contributed by atoms with van der Waals surface area (Å²) in [5, 5.41) is 8.87. The quantitative estimate of drug-likeness (QED) is 0.581. The lowest BCUT2D eigenvalue weighted by Gasteiger charge is -2.32. The van der Waals surface area contributed by atoms with Crippen molar-refractivity contribution in [2.75, 3.05) is 13.2 Å². The predicted octanol–water partition coefficient (Wildman–Crippen LogP) is 3.18. The molecular formula is C23H24N4O. The molecule has 5 nitrogen and oxygen atoms in total. The Morgan fingerprint density at radius 3 is 2.61 bits per heavy atom. The van der Waals surface area contributed by atoms with E-state index in [1.165, 1.54) is 16.3 Å². The van der Waals surface area contributed by atoms with Crippen molar-refractivity contribution < 1.29 is 4.74 Å². The zero-order chi connectivity index (χ0) is 19.2. The molecule has 0 spiro atoms. The average Bonchev–Trinajstić information content (AvgIpc) is 2.72. The van der Waals surface area contributed by atoms with E-state index in [2.05, 4.69) is 58.1 Å². The topological polar surface area (TPSA) is 71.7 Å². The van der Waals surface area contributed by atoms with E-state index < -0.39 is 5.66 Å². The standard InChI is InChI=1S/C23H24N4O/c24-23(17-19-9-6-8-18-7-4-5-12-21(18)19)13-14-25-22(27-23)26-15-16-28-20-10-2-1-3-11-20/h1-14H,15-17,24H2,(H2,25,26,27). The van der Waals surface area contributed by atoms with Crippen molar-refractivity contribution in [1.82, 2.24) is 10.6 Å². The molecule has 1 aliphatic heterocycles. The van der Waals surface area contributed by atoms with E-state index in [0.29, 0.717) is 25.5 Å². The van der Waals surface area contributed by atoms with Crippen molar-refractivity contribution >= 4 is 16.7 Å². The Balaban J connectivity index is 1.41. The van der Waals surface area contributed by atoms with E-state index >= 15 is 0 Å². The number of nitrogens with one attached hydrogen (secondary N) is 2. The highest BCUT2D eigenvalue weighted by atomic mass is 16.5. The summed E-state index contributed by atoms with van der Waals surface area (Å²) in [6.07, 6.45) is 4.44. The van der Waals surface area contributed by atoms with E-state index in [-0.39, 0.29) is 0 Å². The number of ether oxygens (including phenoxy) is 1. The first kappa shape index (κ1) is 18.1. The summed E-state index contributed by atoms with van der Waals surface area (Å²) in [6.45, 7) is 1.03. The normalized spacial score (nSPS) is 20.0. The van der Waals surface area contributed by atoms with Gasteiger partial charge in [-0.1, -0.05) is 60.7 Å². The van der Waals surface area contributed by atoms with Crippen LogP contribution in [0.5, 0.6) is 5.75 Å². The Kier molecular flexibility index (Phi) is 5.26. The molecule has 1 unspecified atom stereocenters. The second kappa shape index (κ2) is 8.15. The van der Waals surface area contributed by atoms with E-state index in [4.69, 9.17) is 10.5 Å². The van der Waals surface area contributed by atoms with Gasteiger partial charge in [0.2, 0.25) is 0 Å². The van der Waals surface area contributed by atoms with Crippen molar-refractivity contribution in [1.29, 1.82) is 0 Å². The molecule has 0 aliphatic carbocycles. The van der Waals surface area contributed by atoms with Crippen LogP contribution >= 0.6 is 0 Å². The molecule has 1 atom stereocenters. The molecule has 0 amide bonds. The van der Waals surface area contributed by atoms with Crippen LogP contribution in [0.4, 0.5) is 0 Å². The third-order valence-electron chi connectivity index (χ3n) is 4.69. The van der Waals surface area contributed by atoms with Crippen molar-refractivity contribution in [2.45, 2.75) is 12.1 Å². The monoisotopic (exact) mass is 372 g/mol. The van der Waals surface area contributed by atoms with Gasteiger partial charge in [0.15, 0.2) is 5.96 Å². The molecule has 0 saturated heterocycles. The lowest BCUT2D eigenvalue weighted by molar-refractivity contribution is 0.328. The number of fused-ring (bicyclic) bond motifs is 1. The Bertz CT molecular complexity index is 994. The summed E-state index contributed by atoms with van der Waals surface area (Å²) < 4.78 is 5.68. The summed E-state index contributed by atoms with van der Waals surface area (Å²) in [4.78, 5) is 4.54. The molecule has 1 aliphatic rings. The molecule has 0 fully saturated rings. The lowest BCUT2D eigenvalue weighted by Crippen LogP contribution is -2.61. The third kappa shape index (κ3) is 4.32. The summed E-state index contributed by atoms with van der Waals surface area (Å²) in [7, 11) is 0. The van der Waals surface area contributed by atoms with Gasteiger partial charge < -0.3 is 21.1 Å². The van der Waals surface area contributed by atoms with Gasteiger partial charge in [0.05, 0.1) is 6.54 Å². The van der Waals surface area contributed by atoms with Gasteiger partial charge >= 0.3 is 0 Å². The van der Waals surface area contributed by atoms with Crippen LogP contribution in [-0.2, 0) is 6.42 Å². The van der Waals surface area contributed by atoms with Gasteiger partial charge in [-0.15, -0.1) is 0 Å². The van der Waals surface area contributed by atoms with Gasteiger partial charge in [-0.25, -0.2) is 4.99 Å². The molecule has 3 aromatic rings.